The Morgan fingerprint density at radius 1 is 1.41 bits per heavy atom. The second-order valence-electron chi connectivity index (χ2n) is 5.49. The van der Waals surface area contributed by atoms with Gasteiger partial charge in [0.2, 0.25) is 0 Å². The molecular weight excluding hydrogens is 292 g/mol. The number of rotatable bonds is 4. The smallest absolute Gasteiger partial charge is 0.325 e. The van der Waals surface area contributed by atoms with Crippen molar-refractivity contribution in [3.05, 3.63) is 0 Å². The van der Waals surface area contributed by atoms with Crippen LogP contribution in [0.5, 0.6) is 0 Å². The Bertz CT molecular complexity index is 505. The first kappa shape index (κ1) is 16.1. The second kappa shape index (κ2) is 6.63. The Labute approximate surface area is 128 Å². The number of methoxy groups -OCH3 is 1. The number of hydrogen-bond acceptors (Lipinski definition) is 6. The molecular formula is C13H20N4O5. The zero-order valence-corrected chi connectivity index (χ0v) is 12.8. The van der Waals surface area contributed by atoms with Crippen molar-refractivity contribution in [3.63, 3.8) is 0 Å². The van der Waals surface area contributed by atoms with E-state index in [1.54, 1.807) is 4.90 Å². The van der Waals surface area contributed by atoms with Gasteiger partial charge in [-0.3, -0.25) is 9.59 Å². The summed E-state index contributed by atoms with van der Waals surface area (Å²) in [6, 6.07) is -0.160. The van der Waals surface area contributed by atoms with Gasteiger partial charge >= 0.3 is 12.0 Å². The largest absolute Gasteiger partial charge is 0.468 e. The molecule has 0 bridgehead atoms. The monoisotopic (exact) mass is 312 g/mol. The molecule has 2 N–H and O–H groups in total. The molecule has 0 aromatic heterocycles. The van der Waals surface area contributed by atoms with Crippen molar-refractivity contribution in [2.45, 2.75) is 26.0 Å². The van der Waals surface area contributed by atoms with E-state index in [2.05, 4.69) is 20.5 Å². The molecule has 1 saturated heterocycles. The van der Waals surface area contributed by atoms with Crippen LogP contribution in [0.25, 0.3) is 0 Å². The summed E-state index contributed by atoms with van der Waals surface area (Å²) in [6.45, 7) is 4.24. The number of hydrogen-bond donors (Lipinski definition) is 2. The molecule has 0 radical (unpaired) electrons. The second-order valence-corrected chi connectivity index (χ2v) is 5.49. The number of oxime groups is 1. The highest BCUT2D eigenvalue weighted by molar-refractivity contribution is 6.40. The average molecular weight is 312 g/mol. The van der Waals surface area contributed by atoms with Gasteiger partial charge in [0.25, 0.3) is 5.91 Å². The zero-order chi connectivity index (χ0) is 16.3. The normalized spacial score (nSPS) is 22.7. The van der Waals surface area contributed by atoms with Gasteiger partial charge in [0.05, 0.1) is 19.6 Å². The van der Waals surface area contributed by atoms with Gasteiger partial charge < -0.3 is 25.1 Å². The number of carbonyl (C=O) groups excluding carboxylic acids is 3. The molecule has 2 atom stereocenters. The van der Waals surface area contributed by atoms with Crippen LogP contribution in [-0.2, 0) is 19.2 Å². The highest BCUT2D eigenvalue weighted by atomic mass is 16.6. The van der Waals surface area contributed by atoms with Gasteiger partial charge in [-0.25, -0.2) is 4.79 Å². The van der Waals surface area contributed by atoms with Gasteiger partial charge in [-0.2, -0.15) is 0 Å². The van der Waals surface area contributed by atoms with Crippen molar-refractivity contribution in [3.8, 4) is 0 Å². The number of nitrogens with one attached hydrogen (secondary N) is 2. The maximum absolute atomic E-state index is 12.0. The molecule has 0 aliphatic carbocycles. The Morgan fingerprint density at radius 2 is 2.14 bits per heavy atom. The lowest BCUT2D eigenvalue weighted by Crippen LogP contribution is -2.43. The summed E-state index contributed by atoms with van der Waals surface area (Å²) in [5.74, 6) is -1.31. The SMILES string of the molecule is COC(=O)CNC(=O)C1=NOC2CN(C(=O)NC(C)C)CC12. The van der Waals surface area contributed by atoms with E-state index < -0.39 is 11.9 Å². The van der Waals surface area contributed by atoms with Gasteiger partial charge in [0, 0.05) is 12.6 Å². The predicted octanol–water partition coefficient (Wildman–Crippen LogP) is -0.920. The molecule has 0 aromatic carbocycles. The fourth-order valence-electron chi connectivity index (χ4n) is 2.36. The number of fused-ring (bicyclic) bond motifs is 1. The van der Waals surface area contributed by atoms with Crippen LogP contribution in [0.2, 0.25) is 0 Å². The predicted molar refractivity (Wildman–Crippen MR) is 76.1 cm³/mol. The standard InChI is InChI=1S/C13H20N4O5/c1-7(2)15-13(20)17-5-8-9(6-17)22-16-11(8)12(19)14-4-10(18)21-3/h7-9H,4-6H2,1-3H3,(H,14,19)(H,15,20). The number of esters is 1. The highest BCUT2D eigenvalue weighted by Crippen LogP contribution is 2.27. The minimum Gasteiger partial charge on any atom is -0.468 e. The van der Waals surface area contributed by atoms with Crippen molar-refractivity contribution in [1.82, 2.24) is 15.5 Å². The molecule has 1 fully saturated rings. The Balaban J connectivity index is 1.91. The molecule has 2 unspecified atom stereocenters. The Kier molecular flexibility index (Phi) is 4.84. The third kappa shape index (κ3) is 3.46. The molecule has 9 nitrogen and oxygen atoms in total. The third-order valence-corrected chi connectivity index (χ3v) is 3.46. The van der Waals surface area contributed by atoms with Crippen molar-refractivity contribution >= 4 is 23.6 Å². The summed E-state index contributed by atoms with van der Waals surface area (Å²) in [6.07, 6.45) is -0.322. The molecule has 0 aromatic rings. The fraction of sp³-hybridized carbons (Fsp3) is 0.692. The summed E-state index contributed by atoms with van der Waals surface area (Å²) >= 11 is 0. The lowest BCUT2D eigenvalue weighted by molar-refractivity contribution is -0.140. The van der Waals surface area contributed by atoms with Crippen LogP contribution < -0.4 is 10.6 Å². The molecule has 2 aliphatic heterocycles. The third-order valence-electron chi connectivity index (χ3n) is 3.46. The Hall–Kier alpha value is -2.32. The zero-order valence-electron chi connectivity index (χ0n) is 12.8. The van der Waals surface area contributed by atoms with Crippen LogP contribution in [0.15, 0.2) is 5.16 Å². The number of likely N-dealkylation sites (tertiary alicyclic amines) is 1. The quantitative estimate of drug-likeness (QED) is 0.653. The van der Waals surface area contributed by atoms with Crippen molar-refractivity contribution in [2.75, 3.05) is 26.7 Å². The first-order chi connectivity index (χ1) is 10.4. The number of urea groups is 1. The summed E-state index contributed by atoms with van der Waals surface area (Å²) in [5.41, 5.74) is 0.203. The summed E-state index contributed by atoms with van der Waals surface area (Å²) in [5, 5.41) is 8.99. The van der Waals surface area contributed by atoms with E-state index in [1.807, 2.05) is 13.8 Å². The van der Waals surface area contributed by atoms with Crippen molar-refractivity contribution < 1.29 is 24.0 Å². The van der Waals surface area contributed by atoms with Crippen LogP contribution in [0.4, 0.5) is 4.79 Å². The van der Waals surface area contributed by atoms with Crippen LogP contribution in [-0.4, -0.2) is 67.4 Å². The molecule has 122 valence electrons. The number of amides is 3. The molecule has 2 heterocycles. The van der Waals surface area contributed by atoms with E-state index in [4.69, 9.17) is 4.84 Å². The molecule has 2 aliphatic rings. The summed E-state index contributed by atoms with van der Waals surface area (Å²) < 4.78 is 4.45. The maximum Gasteiger partial charge on any atom is 0.325 e. The van der Waals surface area contributed by atoms with E-state index in [0.717, 1.165) is 0 Å². The number of carbonyl (C=O) groups is 3. The van der Waals surface area contributed by atoms with Crippen LogP contribution in [0.3, 0.4) is 0 Å². The molecule has 22 heavy (non-hydrogen) atoms. The van der Waals surface area contributed by atoms with E-state index in [9.17, 15) is 14.4 Å². The molecule has 0 spiro atoms. The molecule has 3 amide bonds. The highest BCUT2D eigenvalue weighted by Gasteiger charge is 2.46. The van der Waals surface area contributed by atoms with Crippen LogP contribution >= 0.6 is 0 Å². The first-order valence-corrected chi connectivity index (χ1v) is 7.06. The molecule has 2 rings (SSSR count). The number of ether oxygens (including phenoxy) is 1. The van der Waals surface area contributed by atoms with E-state index >= 15 is 0 Å². The van der Waals surface area contributed by atoms with Crippen molar-refractivity contribution in [2.24, 2.45) is 11.1 Å². The average Bonchev–Trinajstić information content (AvgIpc) is 3.03. The lowest BCUT2D eigenvalue weighted by atomic mass is 10.0. The van der Waals surface area contributed by atoms with Crippen LogP contribution in [0, 0.1) is 5.92 Å². The fourth-order valence-corrected chi connectivity index (χ4v) is 2.36. The summed E-state index contributed by atoms with van der Waals surface area (Å²) in [7, 11) is 1.24. The van der Waals surface area contributed by atoms with E-state index in [0.29, 0.717) is 13.1 Å². The van der Waals surface area contributed by atoms with E-state index in [1.165, 1.54) is 7.11 Å². The minimum atomic E-state index is -0.547. The van der Waals surface area contributed by atoms with Gasteiger partial charge in [0.1, 0.15) is 6.54 Å². The lowest BCUT2D eigenvalue weighted by Gasteiger charge is -2.19. The van der Waals surface area contributed by atoms with E-state index in [-0.39, 0.29) is 36.4 Å². The van der Waals surface area contributed by atoms with Gasteiger partial charge in [-0.1, -0.05) is 5.16 Å². The topological polar surface area (TPSA) is 109 Å². The minimum absolute atomic E-state index is 0.0327. The van der Waals surface area contributed by atoms with Gasteiger partial charge in [0.15, 0.2) is 11.8 Å². The number of nitrogens with zero attached hydrogens (tertiary/aromatic N) is 2. The maximum atomic E-state index is 12.0. The molecule has 9 heteroatoms. The van der Waals surface area contributed by atoms with Gasteiger partial charge in [-0.05, 0) is 13.8 Å². The van der Waals surface area contributed by atoms with Crippen LogP contribution in [0.1, 0.15) is 13.8 Å². The summed E-state index contributed by atoms with van der Waals surface area (Å²) in [4.78, 5) is 41.8. The Morgan fingerprint density at radius 3 is 2.77 bits per heavy atom. The first-order valence-electron chi connectivity index (χ1n) is 7.06. The molecule has 0 saturated carbocycles. The van der Waals surface area contributed by atoms with Gasteiger partial charge in [-0.15, -0.1) is 0 Å². The van der Waals surface area contributed by atoms with Crippen molar-refractivity contribution in [1.29, 1.82) is 0 Å².